The molecule has 0 aromatic heterocycles. The van der Waals surface area contributed by atoms with E-state index < -0.39 is 0 Å². The fourth-order valence-electron chi connectivity index (χ4n) is 1.93. The number of thioether (sulfide) groups is 1. The molecule has 1 heterocycles. The molecule has 1 fully saturated rings. The molecular weight excluding hydrogens is 398 g/mol. The van der Waals surface area contributed by atoms with Crippen molar-refractivity contribution in [3.63, 3.8) is 0 Å². The van der Waals surface area contributed by atoms with Crippen molar-refractivity contribution in [2.24, 2.45) is 0 Å². The summed E-state index contributed by atoms with van der Waals surface area (Å²) >= 11 is 9.90. The first-order valence-electron chi connectivity index (χ1n) is 7.18. The van der Waals surface area contributed by atoms with Gasteiger partial charge < -0.3 is 4.74 Å². The van der Waals surface area contributed by atoms with Crippen molar-refractivity contribution in [2.45, 2.75) is 19.8 Å². The fraction of sp³-hybridized carbons (Fsp3) is 0.312. The van der Waals surface area contributed by atoms with Gasteiger partial charge in [0.2, 0.25) is 0 Å². The molecule has 0 aliphatic carbocycles. The van der Waals surface area contributed by atoms with Gasteiger partial charge in [0, 0.05) is 11.0 Å². The normalized spacial score (nSPS) is 16.3. The van der Waals surface area contributed by atoms with E-state index in [1.54, 1.807) is 6.08 Å². The second-order valence-corrected chi connectivity index (χ2v) is 7.45. The lowest BCUT2D eigenvalue weighted by molar-refractivity contribution is -0.143. The van der Waals surface area contributed by atoms with Crippen LogP contribution in [0.4, 0.5) is 0 Å². The van der Waals surface area contributed by atoms with Gasteiger partial charge in [-0.1, -0.05) is 59.0 Å². The van der Waals surface area contributed by atoms with Crippen LogP contribution in [0.5, 0.6) is 0 Å². The second-order valence-electron chi connectivity index (χ2n) is 4.86. The molecule has 4 nitrogen and oxygen atoms in total. The van der Waals surface area contributed by atoms with Crippen LogP contribution >= 0.6 is 39.9 Å². The average molecular weight is 414 g/mol. The van der Waals surface area contributed by atoms with E-state index in [4.69, 9.17) is 17.0 Å². The SMILES string of the molecule is CCCOC(=O)CCN1C(=O)C(=Cc2cccc(Br)c2)SC1=S. The highest BCUT2D eigenvalue weighted by atomic mass is 79.9. The highest BCUT2D eigenvalue weighted by Crippen LogP contribution is 2.32. The maximum atomic E-state index is 12.4. The maximum Gasteiger partial charge on any atom is 0.307 e. The van der Waals surface area contributed by atoms with E-state index in [1.165, 1.54) is 16.7 Å². The van der Waals surface area contributed by atoms with Gasteiger partial charge in [-0.15, -0.1) is 0 Å². The van der Waals surface area contributed by atoms with Crippen LogP contribution < -0.4 is 0 Å². The quantitative estimate of drug-likeness (QED) is 0.400. The summed E-state index contributed by atoms with van der Waals surface area (Å²) in [6.45, 7) is 2.59. The second kappa shape index (κ2) is 8.61. The Morgan fingerprint density at radius 3 is 2.96 bits per heavy atom. The topological polar surface area (TPSA) is 46.6 Å². The number of esters is 1. The lowest BCUT2D eigenvalue weighted by Crippen LogP contribution is -2.30. The first-order valence-corrected chi connectivity index (χ1v) is 9.19. The van der Waals surface area contributed by atoms with Gasteiger partial charge in [-0.2, -0.15) is 0 Å². The van der Waals surface area contributed by atoms with Crippen LogP contribution in [0.1, 0.15) is 25.3 Å². The molecule has 1 aromatic rings. The summed E-state index contributed by atoms with van der Waals surface area (Å²) in [4.78, 5) is 26.0. The summed E-state index contributed by atoms with van der Waals surface area (Å²) in [6.07, 6.45) is 2.73. The highest BCUT2D eigenvalue weighted by Gasteiger charge is 2.32. The summed E-state index contributed by atoms with van der Waals surface area (Å²) in [7, 11) is 0. The van der Waals surface area contributed by atoms with Crippen molar-refractivity contribution >= 4 is 62.2 Å². The van der Waals surface area contributed by atoms with Gasteiger partial charge in [-0.05, 0) is 30.2 Å². The Balaban J connectivity index is 2.01. The number of ether oxygens (including phenoxy) is 1. The molecule has 122 valence electrons. The molecule has 0 radical (unpaired) electrons. The third-order valence-corrected chi connectivity index (χ3v) is 4.90. The number of benzene rings is 1. The number of nitrogens with zero attached hydrogens (tertiary/aromatic N) is 1. The molecule has 1 aliphatic heterocycles. The number of rotatable bonds is 6. The van der Waals surface area contributed by atoms with Gasteiger partial charge in [0.25, 0.3) is 5.91 Å². The maximum absolute atomic E-state index is 12.4. The van der Waals surface area contributed by atoms with Gasteiger partial charge in [0.05, 0.1) is 17.9 Å². The zero-order valence-electron chi connectivity index (χ0n) is 12.6. The highest BCUT2D eigenvalue weighted by molar-refractivity contribution is 9.10. The molecule has 2 rings (SSSR count). The van der Waals surface area contributed by atoms with E-state index in [2.05, 4.69) is 15.9 Å². The van der Waals surface area contributed by atoms with E-state index in [9.17, 15) is 9.59 Å². The van der Waals surface area contributed by atoms with Crippen LogP contribution in [0.2, 0.25) is 0 Å². The minimum absolute atomic E-state index is 0.149. The van der Waals surface area contributed by atoms with Crippen molar-refractivity contribution in [1.29, 1.82) is 0 Å². The molecule has 23 heavy (non-hydrogen) atoms. The minimum atomic E-state index is -0.308. The first kappa shape index (κ1) is 18.2. The molecule has 0 unspecified atom stereocenters. The van der Waals surface area contributed by atoms with Crippen LogP contribution in [0.15, 0.2) is 33.6 Å². The Hall–Kier alpha value is -1.18. The number of hydrogen-bond acceptors (Lipinski definition) is 5. The van der Waals surface area contributed by atoms with Crippen LogP contribution in [-0.2, 0) is 14.3 Å². The number of halogens is 1. The average Bonchev–Trinajstić information content (AvgIpc) is 2.77. The van der Waals surface area contributed by atoms with Gasteiger partial charge in [0.1, 0.15) is 4.32 Å². The largest absolute Gasteiger partial charge is 0.466 e. The van der Waals surface area contributed by atoms with Gasteiger partial charge in [-0.25, -0.2) is 0 Å². The van der Waals surface area contributed by atoms with Crippen molar-refractivity contribution in [3.8, 4) is 0 Å². The monoisotopic (exact) mass is 413 g/mol. The van der Waals surface area contributed by atoms with Crippen LogP contribution in [-0.4, -0.2) is 34.2 Å². The van der Waals surface area contributed by atoms with E-state index >= 15 is 0 Å². The number of thiocarbonyl (C=S) groups is 1. The molecule has 0 spiro atoms. The van der Waals surface area contributed by atoms with Crippen molar-refractivity contribution in [3.05, 3.63) is 39.2 Å². The molecule has 1 amide bonds. The lowest BCUT2D eigenvalue weighted by Gasteiger charge is -2.13. The summed E-state index contributed by atoms with van der Waals surface area (Å²) in [5.74, 6) is -0.472. The fourth-order valence-corrected chi connectivity index (χ4v) is 3.66. The molecular formula is C16H16BrNO3S2. The molecule has 0 saturated carbocycles. The third kappa shape index (κ3) is 5.16. The zero-order valence-corrected chi connectivity index (χ0v) is 15.8. The van der Waals surface area contributed by atoms with E-state index in [-0.39, 0.29) is 24.8 Å². The standard InChI is InChI=1S/C16H16BrNO3S2/c1-2-8-21-14(19)6-7-18-15(20)13(23-16(18)22)10-11-4-3-5-12(17)9-11/h3-5,9-10H,2,6-8H2,1H3. The molecule has 1 saturated heterocycles. The minimum Gasteiger partial charge on any atom is -0.466 e. The Morgan fingerprint density at radius 1 is 1.48 bits per heavy atom. The van der Waals surface area contributed by atoms with E-state index in [1.807, 2.05) is 31.2 Å². The molecule has 7 heteroatoms. The summed E-state index contributed by atoms with van der Waals surface area (Å²) < 4.78 is 6.43. The number of hydrogen-bond donors (Lipinski definition) is 0. The van der Waals surface area contributed by atoms with Gasteiger partial charge in [-0.3, -0.25) is 14.5 Å². The molecule has 0 bridgehead atoms. The van der Waals surface area contributed by atoms with Gasteiger partial charge in [0.15, 0.2) is 0 Å². The Labute approximate surface area is 153 Å². The lowest BCUT2D eigenvalue weighted by atomic mass is 10.2. The third-order valence-electron chi connectivity index (χ3n) is 3.03. The van der Waals surface area contributed by atoms with E-state index in [0.717, 1.165) is 16.5 Å². The predicted octanol–water partition coefficient (Wildman–Crippen LogP) is 3.99. The Bertz CT molecular complexity index is 660. The Kier molecular flexibility index (Phi) is 6.80. The summed E-state index contributed by atoms with van der Waals surface area (Å²) in [6, 6.07) is 7.67. The van der Waals surface area contributed by atoms with Crippen LogP contribution in [0.25, 0.3) is 6.08 Å². The molecule has 1 aromatic carbocycles. The molecule has 0 atom stereocenters. The number of amides is 1. The van der Waals surface area contributed by atoms with Crippen LogP contribution in [0, 0.1) is 0 Å². The summed E-state index contributed by atoms with van der Waals surface area (Å²) in [5.41, 5.74) is 0.919. The predicted molar refractivity (Wildman–Crippen MR) is 99.9 cm³/mol. The van der Waals surface area contributed by atoms with Gasteiger partial charge >= 0.3 is 5.97 Å². The van der Waals surface area contributed by atoms with Crippen molar-refractivity contribution in [1.82, 2.24) is 4.90 Å². The van der Waals surface area contributed by atoms with Crippen molar-refractivity contribution < 1.29 is 14.3 Å². The summed E-state index contributed by atoms with van der Waals surface area (Å²) in [5, 5.41) is 0. The molecule has 0 N–H and O–H groups in total. The molecule has 1 aliphatic rings. The Morgan fingerprint density at radius 2 is 2.26 bits per heavy atom. The van der Waals surface area contributed by atoms with Crippen molar-refractivity contribution in [2.75, 3.05) is 13.2 Å². The smallest absolute Gasteiger partial charge is 0.307 e. The van der Waals surface area contributed by atoms with E-state index in [0.29, 0.717) is 15.8 Å². The zero-order chi connectivity index (χ0) is 16.8. The first-order chi connectivity index (χ1) is 11.0. The number of carbonyl (C=O) groups is 2. The van der Waals surface area contributed by atoms with Crippen LogP contribution in [0.3, 0.4) is 0 Å². The number of carbonyl (C=O) groups excluding carboxylic acids is 2.